The van der Waals surface area contributed by atoms with E-state index in [0.717, 1.165) is 0 Å². The largest absolute Gasteiger partial charge is 0.457 e. The number of allylic oxidation sites excluding steroid dienone is 2. The molecule has 0 nitrogen and oxygen atoms in total. The minimum atomic E-state index is -6.40. The van der Waals surface area contributed by atoms with Gasteiger partial charge in [-0.05, 0) is 12.2 Å². The molecule has 0 aliphatic carbocycles. The van der Waals surface area contributed by atoms with Crippen molar-refractivity contribution in [3.05, 3.63) is 12.2 Å². The number of halogens is 14. The average molecular weight is 392 g/mol. The predicted molar refractivity (Wildman–Crippen MR) is 50.3 cm³/mol. The summed E-state index contributed by atoms with van der Waals surface area (Å²) in [6.07, 6.45) is -21.6. The van der Waals surface area contributed by atoms with Gasteiger partial charge in [0.1, 0.15) is 0 Å². The molecule has 0 saturated heterocycles. The predicted octanol–water partition coefficient (Wildman–Crippen LogP) is 5.99. The van der Waals surface area contributed by atoms with Crippen molar-refractivity contribution in [2.75, 3.05) is 0 Å². The molecular formula is C10H6F14. The molecule has 0 unspecified atom stereocenters. The lowest BCUT2D eigenvalue weighted by Crippen LogP contribution is -2.43. The van der Waals surface area contributed by atoms with E-state index < -0.39 is 61.0 Å². The first-order valence-corrected chi connectivity index (χ1v) is 5.51. The van der Waals surface area contributed by atoms with Crippen LogP contribution >= 0.6 is 0 Å². The van der Waals surface area contributed by atoms with Crippen molar-refractivity contribution in [1.29, 1.82) is 0 Å². The molecule has 0 N–H and O–H groups in total. The molecule has 0 aromatic carbocycles. The van der Waals surface area contributed by atoms with Crippen molar-refractivity contribution in [1.82, 2.24) is 0 Å². The Morgan fingerprint density at radius 3 is 1.08 bits per heavy atom. The first-order valence-electron chi connectivity index (χ1n) is 5.51. The maximum Gasteiger partial charge on any atom is 0.457 e. The molecule has 144 valence electrons. The van der Waals surface area contributed by atoms with Gasteiger partial charge in [0.05, 0.1) is 0 Å². The van der Waals surface area contributed by atoms with Crippen molar-refractivity contribution in [2.24, 2.45) is 0 Å². The summed E-state index contributed by atoms with van der Waals surface area (Å²) in [5.41, 5.74) is 0. The van der Waals surface area contributed by atoms with Crippen LogP contribution in [0.1, 0.15) is 12.8 Å². The molecule has 0 aliphatic rings. The summed E-state index contributed by atoms with van der Waals surface area (Å²) in [5.74, 6) is -23.3. The maximum absolute atomic E-state index is 13.0. The topological polar surface area (TPSA) is 0 Å². The quantitative estimate of drug-likeness (QED) is 0.385. The number of rotatable bonds is 6. The molecule has 0 aromatic heterocycles. The lowest BCUT2D eigenvalue weighted by Gasteiger charge is -2.27. The first-order chi connectivity index (χ1) is 10.2. The Bertz CT molecular complexity index is 451. The maximum atomic E-state index is 13.0. The Morgan fingerprint density at radius 1 is 0.417 bits per heavy atom. The van der Waals surface area contributed by atoms with Crippen LogP contribution in [0.15, 0.2) is 12.2 Å². The Balaban J connectivity index is 5.27. The van der Waals surface area contributed by atoms with Crippen LogP contribution in [0, 0.1) is 0 Å². The first kappa shape index (κ1) is 22.8. The van der Waals surface area contributed by atoms with E-state index in [0.29, 0.717) is 0 Å². The lowest BCUT2D eigenvalue weighted by atomic mass is 10.0. The van der Waals surface area contributed by atoms with E-state index in [9.17, 15) is 61.5 Å². The van der Waals surface area contributed by atoms with Crippen molar-refractivity contribution in [2.45, 2.75) is 48.9 Å². The second-order valence-corrected chi connectivity index (χ2v) is 4.48. The van der Waals surface area contributed by atoms with Gasteiger partial charge in [0.15, 0.2) is 0 Å². The average Bonchev–Trinajstić information content (AvgIpc) is 2.31. The number of alkyl halides is 14. The Labute approximate surface area is 124 Å². The molecule has 0 spiro atoms. The van der Waals surface area contributed by atoms with E-state index in [4.69, 9.17) is 0 Å². The van der Waals surface area contributed by atoms with Gasteiger partial charge in [-0.25, -0.2) is 0 Å². The van der Waals surface area contributed by atoms with Gasteiger partial charge in [-0.3, -0.25) is 0 Å². The second kappa shape index (κ2) is 6.24. The SMILES string of the molecule is FC(F)(F)C(F)(F)/C=C/C(F)(F)C(F)(F)CCC(F)(F)C(F)(F)F. The van der Waals surface area contributed by atoms with Gasteiger partial charge in [0.2, 0.25) is 0 Å². The van der Waals surface area contributed by atoms with Crippen LogP contribution in [-0.2, 0) is 0 Å². The van der Waals surface area contributed by atoms with Crippen molar-refractivity contribution >= 4 is 0 Å². The highest BCUT2D eigenvalue weighted by Crippen LogP contribution is 2.46. The standard InChI is InChI=1S/C10H6F14/c11-5(12,1-3-7(15,16)9(19,20)21)6(13,14)2-4-8(17,18)10(22,23)24/h1,3H,2,4H2/b3-1+. The number of hydrogen-bond donors (Lipinski definition) is 0. The summed E-state index contributed by atoms with van der Waals surface area (Å²) in [6, 6.07) is 0. The fraction of sp³-hybridized carbons (Fsp3) is 0.800. The molecule has 0 atom stereocenters. The highest BCUT2D eigenvalue weighted by molar-refractivity contribution is 5.09. The van der Waals surface area contributed by atoms with Gasteiger partial charge in [0.25, 0.3) is 0 Å². The molecule has 0 heterocycles. The molecule has 0 aliphatic heterocycles. The monoisotopic (exact) mass is 392 g/mol. The second-order valence-electron chi connectivity index (χ2n) is 4.48. The van der Waals surface area contributed by atoms with Crippen LogP contribution in [0.4, 0.5) is 61.5 Å². The van der Waals surface area contributed by atoms with Crippen LogP contribution in [0.25, 0.3) is 0 Å². The van der Waals surface area contributed by atoms with Gasteiger partial charge >= 0.3 is 36.0 Å². The molecule has 0 fully saturated rings. The molecule has 0 rings (SSSR count). The van der Waals surface area contributed by atoms with Crippen molar-refractivity contribution in [3.63, 3.8) is 0 Å². The fourth-order valence-corrected chi connectivity index (χ4v) is 1.05. The van der Waals surface area contributed by atoms with Gasteiger partial charge in [-0.15, -0.1) is 0 Å². The van der Waals surface area contributed by atoms with E-state index in [2.05, 4.69) is 0 Å². The molecule has 0 radical (unpaired) electrons. The van der Waals surface area contributed by atoms with E-state index in [1.165, 1.54) is 0 Å². The van der Waals surface area contributed by atoms with Gasteiger partial charge in [0, 0.05) is 12.8 Å². The highest BCUT2D eigenvalue weighted by atomic mass is 19.4. The molecule has 0 saturated carbocycles. The summed E-state index contributed by atoms with van der Waals surface area (Å²) in [7, 11) is 0. The molecule has 14 heteroatoms. The Morgan fingerprint density at radius 2 is 0.750 bits per heavy atom. The molecular weight excluding hydrogens is 386 g/mol. The third-order valence-corrected chi connectivity index (χ3v) is 2.54. The van der Waals surface area contributed by atoms with Crippen LogP contribution in [0.2, 0.25) is 0 Å². The fourth-order valence-electron chi connectivity index (χ4n) is 1.05. The van der Waals surface area contributed by atoms with Gasteiger partial charge in [-0.2, -0.15) is 61.5 Å². The van der Waals surface area contributed by atoms with Crippen molar-refractivity contribution < 1.29 is 61.5 Å². The van der Waals surface area contributed by atoms with E-state index >= 15 is 0 Å². The highest BCUT2D eigenvalue weighted by Gasteiger charge is 2.62. The molecule has 0 amide bonds. The van der Waals surface area contributed by atoms with Crippen molar-refractivity contribution in [3.8, 4) is 0 Å². The third kappa shape index (κ3) is 5.13. The normalized spacial score (nSPS) is 16.1. The smallest absolute Gasteiger partial charge is 0.200 e. The van der Waals surface area contributed by atoms with E-state index in [1.807, 2.05) is 0 Å². The molecule has 0 bridgehead atoms. The summed E-state index contributed by atoms with van der Waals surface area (Å²) >= 11 is 0. The van der Waals surface area contributed by atoms with Crippen LogP contribution in [-0.4, -0.2) is 36.0 Å². The number of hydrogen-bond acceptors (Lipinski definition) is 0. The summed E-state index contributed by atoms with van der Waals surface area (Å²) in [4.78, 5) is 0. The van der Waals surface area contributed by atoms with Gasteiger partial charge < -0.3 is 0 Å². The third-order valence-electron chi connectivity index (χ3n) is 2.54. The Kier molecular flexibility index (Phi) is 5.92. The summed E-state index contributed by atoms with van der Waals surface area (Å²) < 4.78 is 171. The minimum Gasteiger partial charge on any atom is -0.200 e. The van der Waals surface area contributed by atoms with E-state index in [-0.39, 0.29) is 0 Å². The minimum absolute atomic E-state index is 1.59. The van der Waals surface area contributed by atoms with Gasteiger partial charge in [-0.1, -0.05) is 0 Å². The Hall–Kier alpha value is -1.24. The summed E-state index contributed by atoms with van der Waals surface area (Å²) in [5, 5.41) is 0. The zero-order valence-electron chi connectivity index (χ0n) is 10.9. The van der Waals surface area contributed by atoms with Crippen LogP contribution in [0.3, 0.4) is 0 Å². The van der Waals surface area contributed by atoms with E-state index in [1.54, 1.807) is 0 Å². The van der Waals surface area contributed by atoms with Crippen LogP contribution in [0.5, 0.6) is 0 Å². The zero-order chi connectivity index (χ0) is 19.8. The summed E-state index contributed by atoms with van der Waals surface area (Å²) in [6.45, 7) is 0. The molecule has 24 heavy (non-hydrogen) atoms. The lowest BCUT2D eigenvalue weighted by molar-refractivity contribution is -0.291. The molecule has 0 aromatic rings. The zero-order valence-corrected chi connectivity index (χ0v) is 10.9. The van der Waals surface area contributed by atoms with Crippen LogP contribution < -0.4 is 0 Å².